The summed E-state index contributed by atoms with van der Waals surface area (Å²) in [5.74, 6) is 0.543. The third-order valence-corrected chi connectivity index (χ3v) is 7.73. The Hall–Kier alpha value is -3.68. The number of benzene rings is 3. The highest BCUT2D eigenvalue weighted by atomic mass is 35.5. The van der Waals surface area contributed by atoms with Crippen LogP contribution in [0.3, 0.4) is 0 Å². The van der Waals surface area contributed by atoms with Gasteiger partial charge in [-0.15, -0.1) is 21.5 Å². The number of rotatable bonds is 6. The van der Waals surface area contributed by atoms with Gasteiger partial charge < -0.3 is 0 Å². The van der Waals surface area contributed by atoms with Crippen LogP contribution in [0.2, 0.25) is 5.02 Å². The van der Waals surface area contributed by atoms with E-state index in [1.807, 2.05) is 23.7 Å². The molecule has 8 heteroatoms. The number of aromatic amines is 1. The summed E-state index contributed by atoms with van der Waals surface area (Å²) in [6, 6.07) is 19.5. The van der Waals surface area contributed by atoms with E-state index in [9.17, 15) is 4.39 Å². The van der Waals surface area contributed by atoms with Gasteiger partial charge in [-0.2, -0.15) is 5.21 Å². The second kappa shape index (κ2) is 9.76. The minimum atomic E-state index is -0.333. The lowest BCUT2D eigenvalue weighted by molar-refractivity contribution is 0.401. The summed E-state index contributed by atoms with van der Waals surface area (Å²) in [5, 5.41) is 14.4. The molecule has 3 aromatic carbocycles. The first-order valence-electron chi connectivity index (χ1n) is 11.7. The fourth-order valence-corrected chi connectivity index (χ4v) is 5.55. The Morgan fingerprint density at radius 1 is 1.00 bits per heavy atom. The van der Waals surface area contributed by atoms with Gasteiger partial charge >= 0.3 is 0 Å². The molecule has 0 amide bonds. The number of hydrogen-bond acceptors (Lipinski definition) is 5. The van der Waals surface area contributed by atoms with E-state index in [1.54, 1.807) is 11.3 Å². The van der Waals surface area contributed by atoms with Crippen LogP contribution in [0.25, 0.3) is 33.5 Å². The van der Waals surface area contributed by atoms with Gasteiger partial charge in [0.05, 0.1) is 20.7 Å². The molecule has 1 N–H and O–H groups in total. The number of halogens is 2. The lowest BCUT2D eigenvalue weighted by Gasteiger charge is -2.32. The zero-order chi connectivity index (χ0) is 24.5. The van der Waals surface area contributed by atoms with Gasteiger partial charge in [-0.05, 0) is 87.7 Å². The van der Waals surface area contributed by atoms with E-state index in [1.165, 1.54) is 18.6 Å². The van der Waals surface area contributed by atoms with Gasteiger partial charge in [0.1, 0.15) is 5.82 Å². The SMILES string of the molecule is Fc1ccc(C(=C(c2ccc(C=Cc3nn[nH]n3)cc2)c2ccc3scnc3c2)C2CCC2)c(Cl)c1. The van der Waals surface area contributed by atoms with Crippen molar-refractivity contribution in [2.24, 2.45) is 5.92 Å². The maximum Gasteiger partial charge on any atom is 0.197 e. The molecule has 1 aliphatic carbocycles. The molecule has 5 aromatic rings. The summed E-state index contributed by atoms with van der Waals surface area (Å²) in [4.78, 5) is 4.55. The van der Waals surface area contributed by atoms with Crippen molar-refractivity contribution in [3.63, 3.8) is 0 Å². The number of aromatic nitrogens is 5. The van der Waals surface area contributed by atoms with Crippen molar-refractivity contribution in [3.8, 4) is 0 Å². The maximum atomic E-state index is 14.0. The van der Waals surface area contributed by atoms with Crippen LogP contribution in [-0.4, -0.2) is 25.6 Å². The van der Waals surface area contributed by atoms with E-state index < -0.39 is 0 Å². The number of thiazole rings is 1. The Labute approximate surface area is 216 Å². The molecule has 0 bridgehead atoms. The quantitative estimate of drug-likeness (QED) is 0.238. The molecule has 0 unspecified atom stereocenters. The number of nitrogens with one attached hydrogen (secondary N) is 1. The van der Waals surface area contributed by atoms with Gasteiger partial charge in [0.2, 0.25) is 0 Å². The Balaban J connectivity index is 1.53. The zero-order valence-electron chi connectivity index (χ0n) is 19.2. The lowest BCUT2D eigenvalue weighted by Crippen LogP contribution is -2.15. The first-order valence-corrected chi connectivity index (χ1v) is 13.0. The van der Waals surface area contributed by atoms with Gasteiger partial charge in [-0.25, -0.2) is 9.37 Å². The summed E-state index contributed by atoms with van der Waals surface area (Å²) >= 11 is 8.27. The van der Waals surface area contributed by atoms with Gasteiger partial charge in [0, 0.05) is 0 Å². The van der Waals surface area contributed by atoms with Crippen molar-refractivity contribution in [1.82, 2.24) is 25.6 Å². The summed E-state index contributed by atoms with van der Waals surface area (Å²) < 4.78 is 15.1. The fourth-order valence-electron chi connectivity index (χ4n) is 4.63. The average Bonchev–Trinajstić information content (AvgIpc) is 3.54. The molecule has 0 aliphatic heterocycles. The number of tetrazole rings is 1. The van der Waals surface area contributed by atoms with E-state index in [4.69, 9.17) is 11.6 Å². The standard InChI is InChI=1S/C28H21ClFN5S/c29-23-15-21(30)10-11-22(23)28(18-2-1-3-18)27(20-9-12-25-24(14-20)31-16-36-25)19-7-4-17(5-8-19)6-13-26-32-34-35-33-26/h4-16,18H,1-3H2,(H,32,33,34,35). The molecule has 6 rings (SSSR count). The Morgan fingerprint density at radius 2 is 1.83 bits per heavy atom. The molecule has 0 saturated heterocycles. The zero-order valence-corrected chi connectivity index (χ0v) is 20.7. The largest absolute Gasteiger partial charge is 0.245 e. The van der Waals surface area contributed by atoms with E-state index in [0.29, 0.717) is 16.8 Å². The molecule has 0 atom stereocenters. The van der Waals surface area contributed by atoms with Gasteiger partial charge in [-0.3, -0.25) is 0 Å². The summed E-state index contributed by atoms with van der Waals surface area (Å²) in [6.45, 7) is 0. The number of fused-ring (bicyclic) bond motifs is 1. The van der Waals surface area contributed by atoms with Crippen molar-refractivity contribution < 1.29 is 4.39 Å². The summed E-state index contributed by atoms with van der Waals surface area (Å²) in [6.07, 6.45) is 7.09. The number of H-pyrrole nitrogens is 1. The third kappa shape index (κ3) is 4.47. The highest BCUT2D eigenvalue weighted by molar-refractivity contribution is 7.16. The number of hydrogen-bond donors (Lipinski definition) is 1. The minimum absolute atomic E-state index is 0.333. The smallest absolute Gasteiger partial charge is 0.197 e. The Kier molecular flexibility index (Phi) is 6.17. The maximum absolute atomic E-state index is 14.0. The molecular weight excluding hydrogens is 493 g/mol. The molecule has 1 fully saturated rings. The first kappa shape index (κ1) is 22.8. The molecule has 1 aliphatic rings. The fraction of sp³-hybridized carbons (Fsp3) is 0.143. The van der Waals surface area contributed by atoms with E-state index in [0.717, 1.165) is 56.5 Å². The van der Waals surface area contributed by atoms with Crippen molar-refractivity contribution in [2.75, 3.05) is 0 Å². The monoisotopic (exact) mass is 513 g/mol. The second-order valence-electron chi connectivity index (χ2n) is 8.80. The predicted molar refractivity (Wildman–Crippen MR) is 144 cm³/mol. The number of allylic oxidation sites excluding steroid dienone is 1. The van der Waals surface area contributed by atoms with E-state index >= 15 is 0 Å². The van der Waals surface area contributed by atoms with E-state index in [2.05, 4.69) is 68.1 Å². The molecular formula is C28H21ClFN5S. The molecule has 2 heterocycles. The highest BCUT2D eigenvalue weighted by Crippen LogP contribution is 2.47. The second-order valence-corrected chi connectivity index (χ2v) is 10.1. The van der Waals surface area contributed by atoms with Crippen LogP contribution < -0.4 is 0 Å². The molecule has 0 radical (unpaired) electrons. The van der Waals surface area contributed by atoms with Crippen molar-refractivity contribution >= 4 is 56.5 Å². The van der Waals surface area contributed by atoms with Crippen LogP contribution in [0.15, 0.2) is 66.2 Å². The third-order valence-electron chi connectivity index (χ3n) is 6.61. The van der Waals surface area contributed by atoms with Crippen LogP contribution >= 0.6 is 22.9 Å². The van der Waals surface area contributed by atoms with Gasteiger partial charge in [0.25, 0.3) is 0 Å². The molecule has 36 heavy (non-hydrogen) atoms. The minimum Gasteiger partial charge on any atom is -0.245 e. The van der Waals surface area contributed by atoms with Crippen LogP contribution in [0.5, 0.6) is 0 Å². The van der Waals surface area contributed by atoms with Crippen molar-refractivity contribution in [1.29, 1.82) is 0 Å². The van der Waals surface area contributed by atoms with Gasteiger partial charge in [0.15, 0.2) is 5.82 Å². The predicted octanol–water partition coefficient (Wildman–Crippen LogP) is 7.53. The topological polar surface area (TPSA) is 67.3 Å². The lowest BCUT2D eigenvalue weighted by atomic mass is 9.73. The molecule has 5 nitrogen and oxygen atoms in total. The normalized spacial score (nSPS) is 14.8. The van der Waals surface area contributed by atoms with Crippen LogP contribution in [0, 0.1) is 11.7 Å². The first-order chi connectivity index (χ1) is 17.7. The van der Waals surface area contributed by atoms with Crippen LogP contribution in [-0.2, 0) is 0 Å². The summed E-state index contributed by atoms with van der Waals surface area (Å²) in [7, 11) is 0. The molecule has 178 valence electrons. The highest BCUT2D eigenvalue weighted by Gasteiger charge is 2.28. The molecule has 0 spiro atoms. The van der Waals surface area contributed by atoms with Gasteiger partial charge in [-0.1, -0.05) is 60.5 Å². The van der Waals surface area contributed by atoms with Crippen LogP contribution in [0.1, 0.15) is 47.3 Å². The average molecular weight is 514 g/mol. The molecule has 2 aromatic heterocycles. The van der Waals surface area contributed by atoms with Crippen molar-refractivity contribution in [2.45, 2.75) is 19.3 Å². The molecule has 1 saturated carbocycles. The van der Waals surface area contributed by atoms with Crippen molar-refractivity contribution in [3.05, 3.63) is 105 Å². The Morgan fingerprint density at radius 3 is 2.56 bits per heavy atom. The number of nitrogens with zero attached hydrogens (tertiary/aromatic N) is 4. The Bertz CT molecular complexity index is 1580. The van der Waals surface area contributed by atoms with Crippen LogP contribution in [0.4, 0.5) is 4.39 Å². The summed E-state index contributed by atoms with van der Waals surface area (Å²) in [5.41, 5.74) is 9.15. The van der Waals surface area contributed by atoms with E-state index in [-0.39, 0.29) is 5.82 Å².